The molecule has 0 aromatic heterocycles. The number of benzene rings is 1. The van der Waals surface area contributed by atoms with E-state index in [0.717, 1.165) is 8.04 Å². The average Bonchev–Trinajstić information content (AvgIpc) is 2.09. The molecule has 0 aliphatic rings. The Morgan fingerprint density at radius 3 is 2.69 bits per heavy atom. The first kappa shape index (κ1) is 10.8. The molecule has 0 atom stereocenters. The topological polar surface area (TPSA) is 52.3 Å². The van der Waals surface area contributed by atoms with E-state index >= 15 is 0 Å². The molecule has 0 unspecified atom stereocenters. The second kappa shape index (κ2) is 4.28. The molecule has 0 fully saturated rings. The summed E-state index contributed by atoms with van der Waals surface area (Å²) in [5.41, 5.74) is 5.66. The molecule has 13 heavy (non-hydrogen) atoms. The Kier molecular flexibility index (Phi) is 3.55. The normalized spacial score (nSPS) is 9.77. The van der Waals surface area contributed by atoms with E-state index in [1.807, 2.05) is 22.6 Å². The summed E-state index contributed by atoms with van der Waals surface area (Å²) in [6.07, 6.45) is 0. The number of carbonyl (C=O) groups excluding carboxylic acids is 1. The zero-order chi connectivity index (χ0) is 10.0. The van der Waals surface area contributed by atoms with Crippen molar-refractivity contribution >= 4 is 44.4 Å². The third kappa shape index (κ3) is 2.14. The first-order valence-corrected chi connectivity index (χ1v) is 5.27. The van der Waals surface area contributed by atoms with Crippen LogP contribution in [0.4, 0.5) is 0 Å². The lowest BCUT2D eigenvalue weighted by Crippen LogP contribution is -2.13. The zero-order valence-corrected chi connectivity index (χ0v) is 10.5. The van der Waals surface area contributed by atoms with Crippen LogP contribution >= 0.6 is 38.5 Å². The van der Waals surface area contributed by atoms with Crippen LogP contribution in [0.3, 0.4) is 0 Å². The van der Waals surface area contributed by atoms with Gasteiger partial charge in [-0.3, -0.25) is 4.79 Å². The van der Waals surface area contributed by atoms with Crippen LogP contribution in [0.2, 0.25) is 0 Å². The van der Waals surface area contributed by atoms with Crippen molar-refractivity contribution in [3.8, 4) is 5.75 Å². The van der Waals surface area contributed by atoms with E-state index in [2.05, 4.69) is 15.9 Å². The molecular formula is C8H7BrINO2. The molecule has 0 bridgehead atoms. The SMILES string of the molecule is COc1ccc(C(N)=O)c(I)c1Br. The maximum Gasteiger partial charge on any atom is 0.249 e. The van der Waals surface area contributed by atoms with Crippen molar-refractivity contribution in [1.29, 1.82) is 0 Å². The molecule has 0 spiro atoms. The van der Waals surface area contributed by atoms with Gasteiger partial charge in [0.1, 0.15) is 5.75 Å². The number of hydrogen-bond acceptors (Lipinski definition) is 2. The van der Waals surface area contributed by atoms with Gasteiger partial charge < -0.3 is 10.5 Å². The van der Waals surface area contributed by atoms with Gasteiger partial charge in [0.15, 0.2) is 0 Å². The highest BCUT2D eigenvalue weighted by atomic mass is 127. The van der Waals surface area contributed by atoms with Gasteiger partial charge in [-0.05, 0) is 50.7 Å². The predicted octanol–water partition coefficient (Wildman–Crippen LogP) is 2.16. The molecule has 0 aliphatic heterocycles. The largest absolute Gasteiger partial charge is 0.496 e. The number of primary amides is 1. The second-order valence-electron chi connectivity index (χ2n) is 2.31. The van der Waals surface area contributed by atoms with Crippen LogP contribution in [0.15, 0.2) is 16.6 Å². The summed E-state index contributed by atoms with van der Waals surface area (Å²) in [6, 6.07) is 3.35. The monoisotopic (exact) mass is 355 g/mol. The van der Waals surface area contributed by atoms with Gasteiger partial charge in [0, 0.05) is 3.57 Å². The maximum atomic E-state index is 10.9. The Balaban J connectivity index is 3.31. The fourth-order valence-corrected chi connectivity index (χ4v) is 2.10. The highest BCUT2D eigenvalue weighted by Crippen LogP contribution is 2.31. The third-order valence-corrected chi connectivity index (χ3v) is 4.18. The van der Waals surface area contributed by atoms with Crippen LogP contribution in [0.25, 0.3) is 0 Å². The van der Waals surface area contributed by atoms with Crippen LogP contribution in [0, 0.1) is 3.57 Å². The number of methoxy groups -OCH3 is 1. The Morgan fingerprint density at radius 1 is 1.62 bits per heavy atom. The summed E-state index contributed by atoms with van der Waals surface area (Å²) in [6.45, 7) is 0. The van der Waals surface area contributed by atoms with E-state index in [0.29, 0.717) is 11.3 Å². The number of halogens is 2. The standard InChI is InChI=1S/C8H7BrINO2/c1-13-5-3-2-4(8(11)12)7(10)6(5)9/h2-3H,1H3,(H2,11,12). The van der Waals surface area contributed by atoms with Crippen molar-refractivity contribution in [2.75, 3.05) is 7.11 Å². The molecule has 1 rings (SSSR count). The highest BCUT2D eigenvalue weighted by molar-refractivity contribution is 14.1. The number of carbonyl (C=O) groups is 1. The molecule has 0 saturated carbocycles. The van der Waals surface area contributed by atoms with Crippen LogP contribution in [0.5, 0.6) is 5.75 Å². The maximum absolute atomic E-state index is 10.9. The molecule has 0 saturated heterocycles. The van der Waals surface area contributed by atoms with Crippen LogP contribution < -0.4 is 10.5 Å². The van der Waals surface area contributed by atoms with Gasteiger partial charge in [0.05, 0.1) is 17.1 Å². The van der Waals surface area contributed by atoms with Gasteiger partial charge in [-0.1, -0.05) is 0 Å². The lowest BCUT2D eigenvalue weighted by atomic mass is 10.2. The van der Waals surface area contributed by atoms with Crippen LogP contribution in [-0.4, -0.2) is 13.0 Å². The van der Waals surface area contributed by atoms with E-state index < -0.39 is 5.91 Å². The minimum atomic E-state index is -0.437. The highest BCUT2D eigenvalue weighted by Gasteiger charge is 2.12. The molecule has 3 nitrogen and oxygen atoms in total. The molecule has 1 aromatic rings. The van der Waals surface area contributed by atoms with Gasteiger partial charge in [0.25, 0.3) is 0 Å². The molecule has 1 amide bonds. The van der Waals surface area contributed by atoms with Gasteiger partial charge in [-0.15, -0.1) is 0 Å². The second-order valence-corrected chi connectivity index (χ2v) is 4.18. The van der Waals surface area contributed by atoms with E-state index in [-0.39, 0.29) is 0 Å². The Bertz CT molecular complexity index is 354. The van der Waals surface area contributed by atoms with Crippen LogP contribution in [-0.2, 0) is 0 Å². The lowest BCUT2D eigenvalue weighted by molar-refractivity contribution is 0.0999. The molecule has 2 N–H and O–H groups in total. The van der Waals surface area contributed by atoms with Gasteiger partial charge >= 0.3 is 0 Å². The first-order valence-electron chi connectivity index (χ1n) is 3.39. The van der Waals surface area contributed by atoms with Gasteiger partial charge in [-0.25, -0.2) is 0 Å². The number of amides is 1. The Hall–Kier alpha value is -0.300. The molecule has 1 aromatic carbocycles. The van der Waals surface area contributed by atoms with E-state index in [4.69, 9.17) is 10.5 Å². The van der Waals surface area contributed by atoms with E-state index in [1.54, 1.807) is 19.2 Å². The molecule has 0 heterocycles. The predicted molar refractivity (Wildman–Crippen MR) is 61.9 cm³/mol. The van der Waals surface area contributed by atoms with Crippen LogP contribution in [0.1, 0.15) is 10.4 Å². The molecule has 0 radical (unpaired) electrons. The number of nitrogens with two attached hydrogens (primary N) is 1. The van der Waals surface area contributed by atoms with Gasteiger partial charge in [-0.2, -0.15) is 0 Å². The number of hydrogen-bond donors (Lipinski definition) is 1. The summed E-state index contributed by atoms with van der Waals surface area (Å²) >= 11 is 5.36. The van der Waals surface area contributed by atoms with Crippen molar-refractivity contribution < 1.29 is 9.53 Å². The summed E-state index contributed by atoms with van der Waals surface area (Å²) in [5.74, 6) is 0.252. The lowest BCUT2D eigenvalue weighted by Gasteiger charge is -2.07. The fourth-order valence-electron chi connectivity index (χ4n) is 0.880. The van der Waals surface area contributed by atoms with Crippen molar-refractivity contribution in [3.63, 3.8) is 0 Å². The van der Waals surface area contributed by atoms with Crippen molar-refractivity contribution in [2.45, 2.75) is 0 Å². The summed E-state index contributed by atoms with van der Waals surface area (Å²) in [7, 11) is 1.57. The number of ether oxygens (including phenoxy) is 1. The van der Waals surface area contributed by atoms with Crippen molar-refractivity contribution in [3.05, 3.63) is 25.7 Å². The van der Waals surface area contributed by atoms with Crippen molar-refractivity contribution in [2.24, 2.45) is 5.73 Å². The third-order valence-electron chi connectivity index (χ3n) is 1.53. The van der Waals surface area contributed by atoms with Crippen molar-refractivity contribution in [1.82, 2.24) is 0 Å². The summed E-state index contributed by atoms with van der Waals surface area (Å²) in [4.78, 5) is 10.9. The summed E-state index contributed by atoms with van der Waals surface area (Å²) in [5, 5.41) is 0. The van der Waals surface area contributed by atoms with Gasteiger partial charge in [0.2, 0.25) is 5.91 Å². The Morgan fingerprint density at radius 2 is 2.23 bits per heavy atom. The number of rotatable bonds is 2. The molecule has 0 aliphatic carbocycles. The fraction of sp³-hybridized carbons (Fsp3) is 0.125. The first-order chi connectivity index (χ1) is 6.07. The minimum absolute atomic E-state index is 0.437. The van der Waals surface area contributed by atoms with E-state index in [9.17, 15) is 4.79 Å². The average molecular weight is 356 g/mol. The Labute approximate surface area is 97.9 Å². The molecule has 5 heteroatoms. The smallest absolute Gasteiger partial charge is 0.249 e. The summed E-state index contributed by atoms with van der Waals surface area (Å²) < 4.78 is 6.58. The molecule has 70 valence electrons. The molecular weight excluding hydrogens is 349 g/mol. The minimum Gasteiger partial charge on any atom is -0.496 e. The van der Waals surface area contributed by atoms with E-state index in [1.165, 1.54) is 0 Å². The quantitative estimate of drug-likeness (QED) is 0.826. The zero-order valence-electron chi connectivity index (χ0n) is 6.80.